The quantitative estimate of drug-likeness (QED) is 0.613. The molecule has 72 valence electrons. The van der Waals surface area contributed by atoms with Crippen molar-refractivity contribution in [2.24, 2.45) is 0 Å². The minimum Gasteiger partial charge on any atom is -1.00 e. The number of hydrogen-bond donors (Lipinski definition) is 1. The number of pyridine rings is 1. The van der Waals surface area contributed by atoms with E-state index in [9.17, 15) is 4.79 Å². The van der Waals surface area contributed by atoms with Crippen molar-refractivity contribution >= 4 is 5.97 Å². The number of nitrogens with zero attached hydrogens (tertiary/aromatic N) is 1. The highest BCUT2D eigenvalue weighted by Gasteiger charge is 2.06. The zero-order chi connectivity index (χ0) is 8.97. The van der Waals surface area contributed by atoms with E-state index in [-0.39, 0.29) is 23.4 Å². The summed E-state index contributed by atoms with van der Waals surface area (Å²) in [6, 6.07) is 5.79. The maximum atomic E-state index is 10.3. The van der Waals surface area contributed by atoms with E-state index in [1.807, 2.05) is 35.9 Å². The van der Waals surface area contributed by atoms with E-state index in [4.69, 9.17) is 5.11 Å². The zero-order valence-corrected chi connectivity index (χ0v) is 8.99. The Hall–Kier alpha value is -0.900. The van der Waals surface area contributed by atoms with Crippen molar-refractivity contribution in [1.29, 1.82) is 0 Å². The Bertz CT molecular complexity index is 289. The first kappa shape index (κ1) is 12.1. The third-order valence-electron chi connectivity index (χ3n) is 1.73. The molecule has 13 heavy (non-hydrogen) atoms. The van der Waals surface area contributed by atoms with Crippen molar-refractivity contribution in [3.63, 3.8) is 0 Å². The first-order chi connectivity index (χ1) is 5.70. The van der Waals surface area contributed by atoms with Gasteiger partial charge in [0.15, 0.2) is 18.4 Å². The highest BCUT2D eigenvalue weighted by Crippen LogP contribution is 1.88. The second kappa shape index (κ2) is 5.70. The average Bonchev–Trinajstić information content (AvgIpc) is 2.03. The van der Waals surface area contributed by atoms with Gasteiger partial charge in [0.25, 0.3) is 0 Å². The van der Waals surface area contributed by atoms with Crippen LogP contribution in [-0.4, -0.2) is 11.1 Å². The molecule has 0 radical (unpaired) electrons. The van der Waals surface area contributed by atoms with Crippen LogP contribution in [0.5, 0.6) is 0 Å². The van der Waals surface area contributed by atoms with Crippen molar-refractivity contribution < 1.29 is 31.4 Å². The molecule has 4 heteroatoms. The lowest BCUT2D eigenvalue weighted by molar-refractivity contribution is -0.701. The fourth-order valence-electron chi connectivity index (χ4n) is 1.03. The van der Waals surface area contributed by atoms with E-state index >= 15 is 0 Å². The van der Waals surface area contributed by atoms with E-state index in [0.29, 0.717) is 6.54 Å². The number of aryl methyl sites for hydroxylation is 2. The minimum atomic E-state index is -0.759. The topological polar surface area (TPSA) is 41.2 Å². The zero-order valence-electron chi connectivity index (χ0n) is 7.40. The normalized spacial score (nSPS) is 9.00. The second-order valence-electron chi connectivity index (χ2n) is 2.68. The molecule has 1 N–H and O–H groups in total. The fourth-order valence-corrected chi connectivity index (χ4v) is 1.03. The van der Waals surface area contributed by atoms with Gasteiger partial charge in [-0.25, -0.2) is 4.57 Å². The molecule has 1 heterocycles. The van der Waals surface area contributed by atoms with Crippen LogP contribution in [0.2, 0.25) is 0 Å². The summed E-state index contributed by atoms with van der Waals surface area (Å²) in [4.78, 5) is 10.3. The standard InChI is InChI=1S/C9H11NO2.BrH/c1-8-4-2-3-6-10(8)7-5-9(11)12;/h2-4,6H,5,7H2,1H3;1H. The fraction of sp³-hybridized carbons (Fsp3) is 0.333. The first-order valence-electron chi connectivity index (χ1n) is 3.87. The van der Waals surface area contributed by atoms with Crippen LogP contribution < -0.4 is 21.5 Å². The summed E-state index contributed by atoms with van der Waals surface area (Å²) in [5.41, 5.74) is 1.08. The number of aromatic nitrogens is 1. The van der Waals surface area contributed by atoms with Gasteiger partial charge in [0.2, 0.25) is 0 Å². The molecule has 1 aromatic heterocycles. The molecule has 0 unspecified atom stereocenters. The Labute approximate surface area is 87.8 Å². The molecule has 1 aromatic rings. The molecule has 0 saturated carbocycles. The summed E-state index contributed by atoms with van der Waals surface area (Å²) >= 11 is 0. The number of hydrogen-bond acceptors (Lipinski definition) is 1. The summed E-state index contributed by atoms with van der Waals surface area (Å²) < 4.78 is 1.92. The molecule has 0 aliphatic carbocycles. The smallest absolute Gasteiger partial charge is 0.309 e. The summed E-state index contributed by atoms with van der Waals surface area (Å²) in [5, 5.41) is 8.45. The molecule has 0 fully saturated rings. The molecule has 0 spiro atoms. The lowest BCUT2D eigenvalue weighted by Crippen LogP contribution is -3.00. The van der Waals surface area contributed by atoms with Gasteiger partial charge in [-0.2, -0.15) is 0 Å². The third-order valence-corrected chi connectivity index (χ3v) is 1.73. The summed E-state index contributed by atoms with van der Waals surface area (Å²) in [6.45, 7) is 2.50. The number of halogens is 1. The highest BCUT2D eigenvalue weighted by atomic mass is 79.9. The molecular formula is C9H12BrNO2. The van der Waals surface area contributed by atoms with Crippen LogP contribution in [0.3, 0.4) is 0 Å². The number of carboxylic acid groups (broad SMARTS) is 1. The molecule has 0 saturated heterocycles. The Morgan fingerprint density at radius 1 is 1.54 bits per heavy atom. The minimum absolute atomic E-state index is 0. The Balaban J connectivity index is 0.00000144. The Morgan fingerprint density at radius 3 is 2.77 bits per heavy atom. The van der Waals surface area contributed by atoms with Crippen LogP contribution in [-0.2, 0) is 11.3 Å². The lowest BCUT2D eigenvalue weighted by atomic mass is 10.3. The van der Waals surface area contributed by atoms with Crippen molar-refractivity contribution in [3.8, 4) is 0 Å². The van der Waals surface area contributed by atoms with E-state index in [1.165, 1.54) is 0 Å². The Morgan fingerprint density at radius 2 is 2.23 bits per heavy atom. The maximum absolute atomic E-state index is 10.3. The van der Waals surface area contributed by atoms with Crippen LogP contribution in [0.4, 0.5) is 0 Å². The van der Waals surface area contributed by atoms with E-state index < -0.39 is 5.97 Å². The molecule has 0 bridgehead atoms. The largest absolute Gasteiger partial charge is 1.00 e. The summed E-state index contributed by atoms with van der Waals surface area (Å²) in [6.07, 6.45) is 2.06. The van der Waals surface area contributed by atoms with Crippen LogP contribution in [0.25, 0.3) is 0 Å². The molecule has 0 atom stereocenters. The van der Waals surface area contributed by atoms with E-state index in [1.54, 1.807) is 0 Å². The van der Waals surface area contributed by atoms with Gasteiger partial charge in [0, 0.05) is 19.1 Å². The van der Waals surface area contributed by atoms with Gasteiger partial charge in [0.1, 0.15) is 6.42 Å². The van der Waals surface area contributed by atoms with Crippen molar-refractivity contribution in [1.82, 2.24) is 0 Å². The van der Waals surface area contributed by atoms with Crippen molar-refractivity contribution in [2.45, 2.75) is 19.9 Å². The molecule has 0 aliphatic rings. The summed E-state index contributed by atoms with van der Waals surface area (Å²) in [7, 11) is 0. The average molecular weight is 246 g/mol. The predicted octanol–water partition coefficient (Wildman–Crippen LogP) is -2.24. The van der Waals surface area contributed by atoms with Crippen molar-refractivity contribution in [3.05, 3.63) is 30.1 Å². The Kier molecular flexibility index (Phi) is 5.30. The number of carboxylic acids is 1. The van der Waals surface area contributed by atoms with Gasteiger partial charge >= 0.3 is 5.97 Å². The van der Waals surface area contributed by atoms with E-state index in [0.717, 1.165) is 5.69 Å². The lowest BCUT2D eigenvalue weighted by Gasteiger charge is -1.96. The number of aliphatic carboxylic acids is 1. The van der Waals surface area contributed by atoms with Gasteiger partial charge in [-0.15, -0.1) is 0 Å². The third kappa shape index (κ3) is 4.03. The van der Waals surface area contributed by atoms with Gasteiger partial charge in [-0.05, 0) is 0 Å². The van der Waals surface area contributed by atoms with E-state index in [2.05, 4.69) is 0 Å². The molecule has 0 aliphatic heterocycles. The first-order valence-corrected chi connectivity index (χ1v) is 3.87. The molecule has 1 rings (SSSR count). The van der Waals surface area contributed by atoms with Gasteiger partial charge in [-0.1, -0.05) is 6.07 Å². The molecular weight excluding hydrogens is 234 g/mol. The summed E-state index contributed by atoms with van der Waals surface area (Å²) in [5.74, 6) is -0.759. The SMILES string of the molecule is Cc1cccc[n+]1CCC(=O)O.[Br-]. The van der Waals surface area contributed by atoms with Gasteiger partial charge in [0.05, 0.1) is 0 Å². The van der Waals surface area contributed by atoms with Crippen LogP contribution in [0.15, 0.2) is 24.4 Å². The monoisotopic (exact) mass is 245 g/mol. The molecule has 0 amide bonds. The van der Waals surface area contributed by atoms with Crippen molar-refractivity contribution in [2.75, 3.05) is 0 Å². The van der Waals surface area contributed by atoms with Gasteiger partial charge in [-0.3, -0.25) is 4.79 Å². The maximum Gasteiger partial charge on any atom is 0.309 e. The number of carbonyl (C=O) groups is 1. The van der Waals surface area contributed by atoms with Crippen LogP contribution in [0.1, 0.15) is 12.1 Å². The van der Waals surface area contributed by atoms with Gasteiger partial charge < -0.3 is 22.1 Å². The number of rotatable bonds is 3. The second-order valence-corrected chi connectivity index (χ2v) is 2.68. The van der Waals surface area contributed by atoms with Crippen LogP contribution in [0, 0.1) is 6.92 Å². The van der Waals surface area contributed by atoms with Crippen LogP contribution >= 0.6 is 0 Å². The predicted molar refractivity (Wildman–Crippen MR) is 43.6 cm³/mol. The molecule has 0 aromatic carbocycles. The highest BCUT2D eigenvalue weighted by molar-refractivity contribution is 5.66. The molecule has 3 nitrogen and oxygen atoms in total.